The van der Waals surface area contributed by atoms with Crippen LogP contribution >= 0.6 is 0 Å². The van der Waals surface area contributed by atoms with E-state index in [0.717, 1.165) is 53.5 Å². The molecule has 0 bridgehead atoms. The van der Waals surface area contributed by atoms with Crippen molar-refractivity contribution >= 4 is 23.9 Å². The van der Waals surface area contributed by atoms with Gasteiger partial charge in [-0.1, -0.05) is 23.4 Å². The Labute approximate surface area is 246 Å². The quantitative estimate of drug-likeness (QED) is 0.434. The summed E-state index contributed by atoms with van der Waals surface area (Å²) in [5.74, 6) is -0.329. The molecule has 0 aromatic heterocycles. The van der Waals surface area contributed by atoms with Crippen LogP contribution in [-0.4, -0.2) is 35.1 Å². The van der Waals surface area contributed by atoms with Crippen LogP contribution in [0.4, 0.5) is 9.59 Å². The Balaban J connectivity index is 0.000000197. The van der Waals surface area contributed by atoms with E-state index in [4.69, 9.17) is 14.7 Å². The molecule has 0 saturated heterocycles. The Morgan fingerprint density at radius 1 is 0.881 bits per heavy atom. The SMILES string of the molecule is CC(C)(C)OC(=O)N[C@H]1CCc2cc(C#N)ccc21.CC(C)(C)OC(=O)N[C@H]1CCc2cc(C3=NOC(=O)C3)ccc21. The summed E-state index contributed by atoms with van der Waals surface area (Å²) in [6, 6.07) is 13.6. The third-order valence-electron chi connectivity index (χ3n) is 6.86. The zero-order valence-electron chi connectivity index (χ0n) is 25.0. The van der Waals surface area contributed by atoms with Crippen LogP contribution in [0.5, 0.6) is 0 Å². The Morgan fingerprint density at radius 3 is 1.88 bits per heavy atom. The molecule has 0 unspecified atom stereocenters. The second kappa shape index (κ2) is 12.2. The highest BCUT2D eigenvalue weighted by Crippen LogP contribution is 2.33. The number of benzene rings is 2. The lowest BCUT2D eigenvalue weighted by Crippen LogP contribution is -2.34. The van der Waals surface area contributed by atoms with Crippen LogP contribution in [-0.2, 0) is 31.9 Å². The number of alkyl carbamates (subject to hydrolysis) is 2. The molecule has 2 atom stereocenters. The summed E-state index contributed by atoms with van der Waals surface area (Å²) in [5.41, 5.74) is 5.69. The number of rotatable bonds is 3. The zero-order valence-corrected chi connectivity index (χ0v) is 25.0. The molecule has 2 amide bonds. The van der Waals surface area contributed by atoms with E-state index in [1.54, 1.807) is 6.07 Å². The molecule has 2 aromatic carbocycles. The first-order valence-corrected chi connectivity index (χ1v) is 14.1. The molecule has 0 fully saturated rings. The van der Waals surface area contributed by atoms with Gasteiger partial charge in [0.05, 0.1) is 35.8 Å². The summed E-state index contributed by atoms with van der Waals surface area (Å²) in [6.45, 7) is 11.0. The number of oxime groups is 1. The van der Waals surface area contributed by atoms with Crippen molar-refractivity contribution in [3.63, 3.8) is 0 Å². The minimum Gasteiger partial charge on any atom is -0.444 e. The smallest absolute Gasteiger partial charge is 0.408 e. The number of fused-ring (bicyclic) bond motifs is 2. The van der Waals surface area contributed by atoms with Gasteiger partial charge >= 0.3 is 18.2 Å². The van der Waals surface area contributed by atoms with Crippen molar-refractivity contribution in [3.8, 4) is 6.07 Å². The van der Waals surface area contributed by atoms with E-state index >= 15 is 0 Å². The van der Waals surface area contributed by atoms with Crippen LogP contribution in [0.25, 0.3) is 0 Å². The van der Waals surface area contributed by atoms with Gasteiger partial charge in [0.1, 0.15) is 11.2 Å². The first-order valence-electron chi connectivity index (χ1n) is 14.1. The molecule has 1 heterocycles. The van der Waals surface area contributed by atoms with Gasteiger partial charge in [-0.2, -0.15) is 5.26 Å². The molecule has 42 heavy (non-hydrogen) atoms. The molecular weight excluding hydrogens is 536 g/mol. The Hall–Kier alpha value is -4.39. The number of ether oxygens (including phenoxy) is 2. The third kappa shape index (κ3) is 8.09. The molecule has 1 aliphatic heterocycles. The molecule has 2 N–H and O–H groups in total. The van der Waals surface area contributed by atoms with Crippen LogP contribution in [0.1, 0.15) is 106 Å². The number of amides is 2. The summed E-state index contributed by atoms with van der Waals surface area (Å²) in [5, 5.41) is 18.5. The van der Waals surface area contributed by atoms with Gasteiger partial charge in [-0.05, 0) is 108 Å². The molecule has 10 nitrogen and oxygen atoms in total. The predicted molar refractivity (Wildman–Crippen MR) is 156 cm³/mol. The van der Waals surface area contributed by atoms with Gasteiger partial charge in [-0.25, -0.2) is 14.4 Å². The van der Waals surface area contributed by atoms with Gasteiger partial charge in [-0.3, -0.25) is 0 Å². The van der Waals surface area contributed by atoms with Crippen molar-refractivity contribution in [2.75, 3.05) is 0 Å². The number of nitrogens with zero attached hydrogens (tertiary/aromatic N) is 2. The van der Waals surface area contributed by atoms with E-state index in [1.165, 1.54) is 0 Å². The highest BCUT2D eigenvalue weighted by Gasteiger charge is 2.28. The van der Waals surface area contributed by atoms with Crippen molar-refractivity contribution in [2.24, 2.45) is 5.16 Å². The number of aryl methyl sites for hydroxylation is 2. The molecular formula is C32H38N4O6. The van der Waals surface area contributed by atoms with Gasteiger partial charge in [0.15, 0.2) is 0 Å². The highest BCUT2D eigenvalue weighted by molar-refractivity contribution is 6.11. The van der Waals surface area contributed by atoms with E-state index < -0.39 is 23.4 Å². The van der Waals surface area contributed by atoms with Gasteiger partial charge < -0.3 is 24.9 Å². The highest BCUT2D eigenvalue weighted by atomic mass is 16.7. The van der Waals surface area contributed by atoms with Gasteiger partial charge in [0.25, 0.3) is 0 Å². The lowest BCUT2D eigenvalue weighted by molar-refractivity contribution is -0.140. The van der Waals surface area contributed by atoms with Crippen LogP contribution in [0.2, 0.25) is 0 Å². The molecule has 2 aromatic rings. The molecule has 0 saturated carbocycles. The summed E-state index contributed by atoms with van der Waals surface area (Å²) in [6.07, 6.45) is 2.84. The number of nitrogens with one attached hydrogen (secondary N) is 2. The number of nitriles is 1. The molecule has 0 radical (unpaired) electrons. The minimum atomic E-state index is -0.511. The monoisotopic (exact) mass is 574 g/mol. The fourth-order valence-electron chi connectivity index (χ4n) is 5.15. The van der Waals surface area contributed by atoms with E-state index in [0.29, 0.717) is 11.3 Å². The fraction of sp³-hybridized carbons (Fsp3) is 0.469. The van der Waals surface area contributed by atoms with Crippen LogP contribution in [0, 0.1) is 11.3 Å². The molecule has 222 valence electrons. The summed E-state index contributed by atoms with van der Waals surface area (Å²) >= 11 is 0. The standard InChI is InChI=1S/C17H20N2O4.C15H18N2O2/c1-17(2,3)22-16(21)18-13-7-5-10-8-11(4-6-12(10)13)14-9-15(20)23-19-14;1-15(2,3)19-14(18)17-13-7-5-11-8-10(9-16)4-6-12(11)13/h4,6,8,13H,5,7,9H2,1-3H3,(H,18,21);4,6,8,13H,5,7H2,1-3H3,(H,17,18)/t2*13-/m00/s1. The van der Waals surface area contributed by atoms with Gasteiger partial charge in [0, 0.05) is 5.56 Å². The number of carbonyl (C=O) groups is 3. The third-order valence-corrected chi connectivity index (χ3v) is 6.86. The van der Waals surface area contributed by atoms with Crippen molar-refractivity contribution < 1.29 is 28.7 Å². The fourth-order valence-corrected chi connectivity index (χ4v) is 5.15. The first kappa shape index (κ1) is 30.6. The zero-order chi connectivity index (χ0) is 30.7. The summed E-state index contributed by atoms with van der Waals surface area (Å²) in [4.78, 5) is 39.5. The molecule has 2 aliphatic carbocycles. The average molecular weight is 575 g/mol. The average Bonchev–Trinajstić information content (AvgIpc) is 3.60. The summed E-state index contributed by atoms with van der Waals surface area (Å²) in [7, 11) is 0. The summed E-state index contributed by atoms with van der Waals surface area (Å²) < 4.78 is 10.6. The Kier molecular flexibility index (Phi) is 8.90. The topological polar surface area (TPSA) is 139 Å². The molecule has 3 aliphatic rings. The molecule has 0 spiro atoms. The van der Waals surface area contributed by atoms with Crippen molar-refractivity contribution in [2.45, 2.75) is 96.9 Å². The van der Waals surface area contributed by atoms with Crippen molar-refractivity contribution in [1.82, 2.24) is 10.6 Å². The van der Waals surface area contributed by atoms with E-state index in [2.05, 4.69) is 26.7 Å². The lowest BCUT2D eigenvalue weighted by Gasteiger charge is -2.22. The number of carbonyl (C=O) groups excluding carboxylic acids is 3. The minimum absolute atomic E-state index is 0.0161. The number of hydrogen-bond donors (Lipinski definition) is 2. The van der Waals surface area contributed by atoms with Crippen LogP contribution in [0.15, 0.2) is 41.6 Å². The van der Waals surface area contributed by atoms with E-state index in [9.17, 15) is 14.4 Å². The largest absolute Gasteiger partial charge is 0.444 e. The van der Waals surface area contributed by atoms with E-state index in [-0.39, 0.29) is 24.5 Å². The van der Waals surface area contributed by atoms with Crippen molar-refractivity contribution in [3.05, 3.63) is 69.8 Å². The van der Waals surface area contributed by atoms with Crippen LogP contribution in [0.3, 0.4) is 0 Å². The normalized spacial score (nSPS) is 18.8. The molecule has 5 rings (SSSR count). The maximum absolute atomic E-state index is 11.9. The predicted octanol–water partition coefficient (Wildman–Crippen LogP) is 5.92. The van der Waals surface area contributed by atoms with Crippen molar-refractivity contribution in [1.29, 1.82) is 5.26 Å². The first-order chi connectivity index (χ1) is 19.7. The maximum atomic E-state index is 11.9. The van der Waals surface area contributed by atoms with E-state index in [1.807, 2.05) is 71.9 Å². The Bertz CT molecular complexity index is 1440. The Morgan fingerprint density at radius 2 is 1.40 bits per heavy atom. The van der Waals surface area contributed by atoms with Gasteiger partial charge in [-0.15, -0.1) is 0 Å². The second-order valence-corrected chi connectivity index (χ2v) is 12.6. The van der Waals surface area contributed by atoms with Gasteiger partial charge in [0.2, 0.25) is 0 Å². The molecule has 10 heteroatoms. The van der Waals surface area contributed by atoms with Crippen LogP contribution < -0.4 is 10.6 Å². The lowest BCUT2D eigenvalue weighted by atomic mass is 10.0. The number of hydrogen-bond acceptors (Lipinski definition) is 8. The second-order valence-electron chi connectivity index (χ2n) is 12.6. The maximum Gasteiger partial charge on any atom is 0.408 e.